The number of aryl methyl sites for hydroxylation is 1. The van der Waals surface area contributed by atoms with Crippen LogP contribution in [0.25, 0.3) is 0 Å². The Morgan fingerprint density at radius 1 is 1.62 bits per heavy atom. The molecule has 0 radical (unpaired) electrons. The van der Waals surface area contributed by atoms with E-state index in [2.05, 4.69) is 16.8 Å². The summed E-state index contributed by atoms with van der Waals surface area (Å²) in [6.45, 7) is 3.46. The summed E-state index contributed by atoms with van der Waals surface area (Å²) in [5.41, 5.74) is 1.78. The van der Waals surface area contributed by atoms with Gasteiger partial charge in [0, 0.05) is 30.9 Å². The number of hydrogen-bond acceptors (Lipinski definition) is 3. The number of aromatic nitrogens is 1. The van der Waals surface area contributed by atoms with Crippen LogP contribution in [-0.2, 0) is 4.79 Å². The Kier molecular flexibility index (Phi) is 5.37. The van der Waals surface area contributed by atoms with Gasteiger partial charge in [-0.1, -0.05) is 35.2 Å². The Balaban J connectivity index is 2.50. The molecule has 0 fully saturated rings. The van der Waals surface area contributed by atoms with Crippen LogP contribution in [0.2, 0.25) is 5.15 Å². The van der Waals surface area contributed by atoms with Gasteiger partial charge in [-0.15, -0.1) is 0 Å². The highest BCUT2D eigenvalue weighted by Crippen LogP contribution is 2.11. The third-order valence-electron chi connectivity index (χ3n) is 1.78. The van der Waals surface area contributed by atoms with Crippen molar-refractivity contribution >= 4 is 28.5 Å². The van der Waals surface area contributed by atoms with Crippen LogP contribution in [-0.4, -0.2) is 15.9 Å². The molecule has 1 aromatic heterocycles. The fourth-order valence-corrected chi connectivity index (χ4v) is 1.63. The molecule has 1 aromatic rings. The summed E-state index contributed by atoms with van der Waals surface area (Å²) in [5.74, 6) is 6.73. The number of carbonyl (C=O) groups excluding carboxylic acids is 1. The first-order valence-electron chi connectivity index (χ1n) is 4.84. The maximum atomic E-state index is 10.6. The van der Waals surface area contributed by atoms with E-state index < -0.39 is 0 Å². The van der Waals surface area contributed by atoms with Crippen LogP contribution in [0.5, 0.6) is 0 Å². The predicted octanol–water partition coefficient (Wildman–Crippen LogP) is 3.06. The molecule has 0 aliphatic carbocycles. The second-order valence-corrected chi connectivity index (χ2v) is 4.85. The summed E-state index contributed by atoms with van der Waals surface area (Å²) in [6, 6.07) is 1.90. The minimum absolute atomic E-state index is 0.130. The zero-order chi connectivity index (χ0) is 12.0. The molecule has 0 aromatic carbocycles. The van der Waals surface area contributed by atoms with Crippen molar-refractivity contribution in [1.82, 2.24) is 4.98 Å². The summed E-state index contributed by atoms with van der Waals surface area (Å²) < 4.78 is 0. The van der Waals surface area contributed by atoms with Gasteiger partial charge in [0.05, 0.1) is 0 Å². The van der Waals surface area contributed by atoms with Crippen molar-refractivity contribution in [3.63, 3.8) is 0 Å². The number of nitrogens with zero attached hydrogens (tertiary/aromatic N) is 1. The smallest absolute Gasteiger partial charge is 0.185 e. The first-order chi connectivity index (χ1) is 7.59. The number of rotatable bonds is 2. The molecule has 1 rings (SSSR count). The maximum absolute atomic E-state index is 10.6. The van der Waals surface area contributed by atoms with Crippen LogP contribution >= 0.6 is 23.4 Å². The van der Waals surface area contributed by atoms with Crippen LogP contribution in [0, 0.1) is 18.8 Å². The van der Waals surface area contributed by atoms with Gasteiger partial charge in [0.25, 0.3) is 0 Å². The molecule has 0 unspecified atom stereocenters. The summed E-state index contributed by atoms with van der Waals surface area (Å²) in [5, 5.41) is 0.642. The van der Waals surface area contributed by atoms with Gasteiger partial charge in [0.1, 0.15) is 5.15 Å². The lowest BCUT2D eigenvalue weighted by molar-refractivity contribution is -0.109. The molecular formula is C12H12ClNOS. The number of hydrogen-bond donors (Lipinski definition) is 0. The molecule has 16 heavy (non-hydrogen) atoms. The molecule has 84 valence electrons. The molecule has 0 bridgehead atoms. The van der Waals surface area contributed by atoms with Gasteiger partial charge in [0.15, 0.2) is 5.12 Å². The minimum Gasteiger partial charge on any atom is -0.288 e. The molecule has 0 saturated carbocycles. The van der Waals surface area contributed by atoms with Crippen LogP contribution < -0.4 is 0 Å². The molecule has 0 aliphatic heterocycles. The van der Waals surface area contributed by atoms with Crippen LogP contribution in [0.15, 0.2) is 12.3 Å². The van der Waals surface area contributed by atoms with Gasteiger partial charge >= 0.3 is 0 Å². The van der Waals surface area contributed by atoms with Crippen molar-refractivity contribution < 1.29 is 4.79 Å². The number of thioether (sulfide) groups is 1. The van der Waals surface area contributed by atoms with E-state index in [1.807, 2.05) is 13.0 Å². The predicted molar refractivity (Wildman–Crippen MR) is 68.6 cm³/mol. The molecule has 2 nitrogen and oxygen atoms in total. The zero-order valence-electron chi connectivity index (χ0n) is 9.21. The van der Waals surface area contributed by atoms with Gasteiger partial charge < -0.3 is 0 Å². The normalized spacial score (nSPS) is 9.44. The molecule has 0 aliphatic rings. The third-order valence-corrected chi connectivity index (χ3v) is 2.99. The van der Waals surface area contributed by atoms with Crippen molar-refractivity contribution in [3.8, 4) is 11.8 Å². The van der Waals surface area contributed by atoms with E-state index in [0.29, 0.717) is 11.6 Å². The Labute approximate surface area is 105 Å². The standard InChI is InChI=1S/C12H12ClNOS/c1-9-7-11(8-14-12(9)13)5-3-4-6-16-10(2)15/h7-8H,4,6H2,1-2H3. The SMILES string of the molecule is CC(=O)SCCC#Cc1cnc(Cl)c(C)c1. The van der Waals surface area contributed by atoms with Gasteiger partial charge in [-0.05, 0) is 18.6 Å². The Morgan fingerprint density at radius 3 is 3.00 bits per heavy atom. The van der Waals surface area contributed by atoms with E-state index in [9.17, 15) is 4.79 Å². The van der Waals surface area contributed by atoms with E-state index in [0.717, 1.165) is 16.9 Å². The molecule has 4 heteroatoms. The van der Waals surface area contributed by atoms with Gasteiger partial charge in [0.2, 0.25) is 0 Å². The maximum Gasteiger partial charge on any atom is 0.185 e. The fourth-order valence-electron chi connectivity index (χ4n) is 1.04. The lowest BCUT2D eigenvalue weighted by atomic mass is 10.2. The highest BCUT2D eigenvalue weighted by molar-refractivity contribution is 8.13. The van der Waals surface area contributed by atoms with Crippen LogP contribution in [0.3, 0.4) is 0 Å². The van der Waals surface area contributed by atoms with Gasteiger partial charge in [-0.2, -0.15) is 0 Å². The van der Waals surface area contributed by atoms with Crippen molar-refractivity contribution in [3.05, 3.63) is 28.5 Å². The van der Waals surface area contributed by atoms with Crippen LogP contribution in [0.1, 0.15) is 24.5 Å². The van der Waals surface area contributed by atoms with E-state index >= 15 is 0 Å². The second kappa shape index (κ2) is 6.57. The average Bonchev–Trinajstić information content (AvgIpc) is 2.22. The number of pyridine rings is 1. The van der Waals surface area contributed by atoms with E-state index in [4.69, 9.17) is 11.6 Å². The molecule has 1 heterocycles. The molecule has 0 saturated heterocycles. The lowest BCUT2D eigenvalue weighted by Crippen LogP contribution is -1.85. The first-order valence-corrected chi connectivity index (χ1v) is 6.20. The molecule has 0 atom stereocenters. The Hall–Kier alpha value is -0.980. The summed E-state index contributed by atoms with van der Waals surface area (Å²) in [6.07, 6.45) is 2.35. The highest BCUT2D eigenvalue weighted by atomic mass is 35.5. The van der Waals surface area contributed by atoms with E-state index in [-0.39, 0.29) is 5.12 Å². The van der Waals surface area contributed by atoms with E-state index in [1.54, 1.807) is 13.1 Å². The van der Waals surface area contributed by atoms with Crippen molar-refractivity contribution in [2.75, 3.05) is 5.75 Å². The summed E-state index contributed by atoms with van der Waals surface area (Å²) in [7, 11) is 0. The molecule has 0 spiro atoms. The zero-order valence-corrected chi connectivity index (χ0v) is 10.8. The first kappa shape index (κ1) is 13.1. The lowest BCUT2D eigenvalue weighted by Gasteiger charge is -1.95. The molecular weight excluding hydrogens is 242 g/mol. The van der Waals surface area contributed by atoms with Crippen molar-refractivity contribution in [2.24, 2.45) is 0 Å². The molecule has 0 N–H and O–H groups in total. The van der Waals surface area contributed by atoms with Crippen LogP contribution in [0.4, 0.5) is 0 Å². The number of carbonyl (C=O) groups is 1. The summed E-state index contributed by atoms with van der Waals surface area (Å²) >= 11 is 7.09. The third kappa shape index (κ3) is 4.69. The minimum atomic E-state index is 0.130. The van der Waals surface area contributed by atoms with E-state index in [1.165, 1.54) is 11.8 Å². The highest BCUT2D eigenvalue weighted by Gasteiger charge is 1.96. The van der Waals surface area contributed by atoms with Gasteiger partial charge in [-0.25, -0.2) is 4.98 Å². The second-order valence-electron chi connectivity index (χ2n) is 3.22. The van der Waals surface area contributed by atoms with Crippen molar-refractivity contribution in [2.45, 2.75) is 20.3 Å². The van der Waals surface area contributed by atoms with Crippen molar-refractivity contribution in [1.29, 1.82) is 0 Å². The fraction of sp³-hybridized carbons (Fsp3) is 0.333. The largest absolute Gasteiger partial charge is 0.288 e. The average molecular weight is 254 g/mol. The molecule has 0 amide bonds. The Morgan fingerprint density at radius 2 is 2.38 bits per heavy atom. The Bertz CT molecular complexity index is 448. The summed E-state index contributed by atoms with van der Waals surface area (Å²) in [4.78, 5) is 14.7. The van der Waals surface area contributed by atoms with Gasteiger partial charge in [-0.3, -0.25) is 4.79 Å². The number of halogens is 1. The quantitative estimate of drug-likeness (QED) is 0.461. The topological polar surface area (TPSA) is 30.0 Å². The monoisotopic (exact) mass is 253 g/mol.